The fourth-order valence-corrected chi connectivity index (χ4v) is 4.94. The van der Waals surface area contributed by atoms with E-state index in [1.165, 1.54) is 45.4 Å². The molecule has 0 saturated heterocycles. The van der Waals surface area contributed by atoms with Gasteiger partial charge in [0.05, 0.1) is 12.0 Å². The number of hydrogen-bond acceptors (Lipinski definition) is 7. The molecule has 4 aromatic rings. The van der Waals surface area contributed by atoms with Crippen molar-refractivity contribution in [3.63, 3.8) is 0 Å². The lowest BCUT2D eigenvalue weighted by atomic mass is 10.0. The number of benzene rings is 3. The number of carbonyl (C=O) groups is 1. The van der Waals surface area contributed by atoms with Crippen LogP contribution in [0.4, 0.5) is 0 Å². The maximum Gasteiger partial charge on any atom is 0.250 e. The molecule has 1 N–H and O–H groups in total. The Balaban J connectivity index is 1.22. The van der Waals surface area contributed by atoms with Gasteiger partial charge in [0, 0.05) is 5.56 Å². The van der Waals surface area contributed by atoms with E-state index in [-0.39, 0.29) is 11.7 Å². The second-order valence-electron chi connectivity index (χ2n) is 8.04. The van der Waals surface area contributed by atoms with E-state index in [4.69, 9.17) is 4.74 Å². The van der Waals surface area contributed by atoms with Gasteiger partial charge in [-0.05, 0) is 72.9 Å². The minimum absolute atomic E-state index is 0.202. The SMILES string of the molecule is Cc1cc(C)c(COc2ccc(C=NNC(=O)CSc3nnc(-c4ccccc4)s3)cc2)cc1C. The van der Waals surface area contributed by atoms with E-state index in [2.05, 4.69) is 53.6 Å². The van der Waals surface area contributed by atoms with Crippen molar-refractivity contribution in [1.82, 2.24) is 15.6 Å². The van der Waals surface area contributed by atoms with Crippen molar-refractivity contribution in [3.8, 4) is 16.3 Å². The Morgan fingerprint density at radius 3 is 2.51 bits per heavy atom. The molecule has 1 amide bonds. The van der Waals surface area contributed by atoms with Crippen molar-refractivity contribution in [1.29, 1.82) is 0 Å². The maximum atomic E-state index is 12.1. The van der Waals surface area contributed by atoms with E-state index >= 15 is 0 Å². The highest BCUT2D eigenvalue weighted by Gasteiger charge is 2.09. The van der Waals surface area contributed by atoms with Crippen LogP contribution in [-0.2, 0) is 11.4 Å². The minimum atomic E-state index is -0.202. The standard InChI is InChI=1S/C27H26N4O2S2/c1-18-13-20(3)23(14-19(18)2)16-33-24-11-9-21(10-12-24)15-28-29-25(32)17-34-27-31-30-26(35-27)22-7-5-4-6-8-22/h4-15H,16-17H2,1-3H3,(H,29,32). The van der Waals surface area contributed by atoms with Crippen LogP contribution in [0.5, 0.6) is 5.75 Å². The second kappa shape index (κ2) is 11.8. The van der Waals surface area contributed by atoms with E-state index in [1.54, 1.807) is 6.21 Å². The molecule has 35 heavy (non-hydrogen) atoms. The largest absolute Gasteiger partial charge is 0.489 e. The van der Waals surface area contributed by atoms with Crippen LogP contribution < -0.4 is 10.2 Å². The van der Waals surface area contributed by atoms with E-state index in [0.29, 0.717) is 6.61 Å². The number of aryl methyl sites for hydroxylation is 3. The lowest BCUT2D eigenvalue weighted by Crippen LogP contribution is -2.19. The number of amides is 1. The lowest BCUT2D eigenvalue weighted by molar-refractivity contribution is -0.118. The normalized spacial score (nSPS) is 11.1. The Hall–Kier alpha value is -3.49. The van der Waals surface area contributed by atoms with E-state index in [1.807, 2.05) is 54.6 Å². The van der Waals surface area contributed by atoms with Gasteiger partial charge in [-0.15, -0.1) is 10.2 Å². The molecular weight excluding hydrogens is 476 g/mol. The average molecular weight is 503 g/mol. The summed E-state index contributed by atoms with van der Waals surface area (Å²) in [5.74, 6) is 0.796. The molecule has 0 aliphatic rings. The molecule has 3 aromatic carbocycles. The van der Waals surface area contributed by atoms with Crippen molar-refractivity contribution in [2.45, 2.75) is 31.7 Å². The number of hydrogen-bond donors (Lipinski definition) is 1. The first-order valence-electron chi connectivity index (χ1n) is 11.1. The van der Waals surface area contributed by atoms with Crippen LogP contribution in [-0.4, -0.2) is 28.1 Å². The van der Waals surface area contributed by atoms with Gasteiger partial charge in [0.1, 0.15) is 17.4 Å². The molecule has 0 atom stereocenters. The van der Waals surface area contributed by atoms with Crippen LogP contribution in [0.25, 0.3) is 10.6 Å². The third-order valence-corrected chi connectivity index (χ3v) is 7.49. The highest BCUT2D eigenvalue weighted by molar-refractivity contribution is 8.01. The Morgan fingerprint density at radius 2 is 1.74 bits per heavy atom. The van der Waals surface area contributed by atoms with E-state index in [9.17, 15) is 4.79 Å². The third kappa shape index (κ3) is 7.00. The summed E-state index contributed by atoms with van der Waals surface area (Å²) in [6.07, 6.45) is 1.61. The first kappa shape index (κ1) is 24.6. The van der Waals surface area contributed by atoms with Crippen LogP contribution in [0.2, 0.25) is 0 Å². The quantitative estimate of drug-likeness (QED) is 0.174. The smallest absolute Gasteiger partial charge is 0.250 e. The molecule has 1 heterocycles. The fraction of sp³-hybridized carbons (Fsp3) is 0.185. The molecule has 0 radical (unpaired) electrons. The number of nitrogens with one attached hydrogen (secondary N) is 1. The molecule has 4 rings (SSSR count). The molecule has 0 aliphatic heterocycles. The zero-order valence-electron chi connectivity index (χ0n) is 19.8. The maximum absolute atomic E-state index is 12.1. The summed E-state index contributed by atoms with van der Waals surface area (Å²) in [7, 11) is 0. The zero-order valence-corrected chi connectivity index (χ0v) is 21.5. The molecule has 0 spiro atoms. The third-order valence-electron chi connectivity index (χ3n) is 5.38. The van der Waals surface area contributed by atoms with Gasteiger partial charge in [-0.3, -0.25) is 4.79 Å². The molecule has 0 aliphatic carbocycles. The molecule has 0 saturated carbocycles. The van der Waals surface area contributed by atoms with Gasteiger partial charge < -0.3 is 4.74 Å². The predicted molar refractivity (Wildman–Crippen MR) is 143 cm³/mol. The first-order chi connectivity index (χ1) is 17.0. The average Bonchev–Trinajstić information content (AvgIpc) is 3.35. The van der Waals surface area contributed by atoms with Crippen LogP contribution in [0, 0.1) is 20.8 Å². The molecule has 0 unspecified atom stereocenters. The first-order valence-corrected chi connectivity index (χ1v) is 12.9. The Bertz CT molecular complexity index is 1320. The van der Waals surface area contributed by atoms with Crippen LogP contribution in [0.15, 0.2) is 76.2 Å². The summed E-state index contributed by atoms with van der Waals surface area (Å²) in [4.78, 5) is 12.1. The second-order valence-corrected chi connectivity index (χ2v) is 10.2. The fourth-order valence-electron chi connectivity index (χ4n) is 3.29. The number of nitrogens with zero attached hydrogens (tertiary/aromatic N) is 3. The number of aromatic nitrogens is 2. The van der Waals surface area contributed by atoms with Crippen molar-refractivity contribution in [2.24, 2.45) is 5.10 Å². The summed E-state index contributed by atoms with van der Waals surface area (Å²) in [5.41, 5.74) is 9.40. The van der Waals surface area contributed by atoms with Crippen LogP contribution in [0.3, 0.4) is 0 Å². The minimum Gasteiger partial charge on any atom is -0.489 e. The molecule has 8 heteroatoms. The summed E-state index contributed by atoms with van der Waals surface area (Å²) < 4.78 is 6.69. The monoisotopic (exact) mass is 502 g/mol. The van der Waals surface area contributed by atoms with Crippen molar-refractivity contribution < 1.29 is 9.53 Å². The molecule has 0 bridgehead atoms. The van der Waals surface area contributed by atoms with Crippen LogP contribution >= 0.6 is 23.1 Å². The van der Waals surface area contributed by atoms with Crippen molar-refractivity contribution >= 4 is 35.2 Å². The zero-order chi connectivity index (χ0) is 24.6. The number of rotatable bonds is 9. The summed E-state index contributed by atoms with van der Waals surface area (Å²) in [6.45, 7) is 6.86. The van der Waals surface area contributed by atoms with E-state index < -0.39 is 0 Å². The summed E-state index contributed by atoms with van der Waals surface area (Å²) >= 11 is 2.81. The number of thioether (sulfide) groups is 1. The van der Waals surface area contributed by atoms with Gasteiger partial charge in [-0.25, -0.2) is 5.43 Å². The molecule has 178 valence electrons. The van der Waals surface area contributed by atoms with Crippen molar-refractivity contribution in [3.05, 3.63) is 94.5 Å². The Labute approximate surface area is 213 Å². The summed E-state index contributed by atoms with van der Waals surface area (Å²) in [5, 5.41) is 13.2. The molecule has 1 aromatic heterocycles. The Kier molecular flexibility index (Phi) is 8.28. The van der Waals surface area contributed by atoms with Gasteiger partial charge in [0.15, 0.2) is 4.34 Å². The predicted octanol–water partition coefficient (Wildman–Crippen LogP) is 5.95. The molecule has 0 fully saturated rings. The van der Waals surface area contributed by atoms with Gasteiger partial charge >= 0.3 is 0 Å². The van der Waals surface area contributed by atoms with Gasteiger partial charge in [0.25, 0.3) is 5.91 Å². The van der Waals surface area contributed by atoms with E-state index in [0.717, 1.165) is 26.2 Å². The number of hydrazone groups is 1. The van der Waals surface area contributed by atoms with Gasteiger partial charge in [-0.1, -0.05) is 65.6 Å². The lowest BCUT2D eigenvalue weighted by Gasteiger charge is -2.11. The van der Waals surface area contributed by atoms with Gasteiger partial charge in [0.2, 0.25) is 0 Å². The molecule has 6 nitrogen and oxygen atoms in total. The van der Waals surface area contributed by atoms with Gasteiger partial charge in [-0.2, -0.15) is 5.10 Å². The topological polar surface area (TPSA) is 76.5 Å². The highest BCUT2D eigenvalue weighted by Crippen LogP contribution is 2.29. The van der Waals surface area contributed by atoms with Crippen molar-refractivity contribution in [2.75, 3.05) is 5.75 Å². The summed E-state index contributed by atoms with van der Waals surface area (Å²) in [6, 6.07) is 21.8. The molecular formula is C27H26N4O2S2. The highest BCUT2D eigenvalue weighted by atomic mass is 32.2. The Morgan fingerprint density at radius 1 is 1.00 bits per heavy atom. The van der Waals surface area contributed by atoms with Crippen LogP contribution in [0.1, 0.15) is 27.8 Å². The number of carbonyl (C=O) groups excluding carboxylic acids is 1. The number of ether oxygens (including phenoxy) is 1.